The van der Waals surface area contributed by atoms with Crippen molar-refractivity contribution in [3.8, 4) is 5.75 Å². The fourth-order valence-corrected chi connectivity index (χ4v) is 2.42. The molecule has 0 spiro atoms. The molecule has 0 fully saturated rings. The lowest BCUT2D eigenvalue weighted by Gasteiger charge is -2.14. The molecular weight excluding hydrogens is 330 g/mol. The summed E-state index contributed by atoms with van der Waals surface area (Å²) >= 11 is 0. The van der Waals surface area contributed by atoms with Crippen molar-refractivity contribution in [1.82, 2.24) is 5.32 Å². The van der Waals surface area contributed by atoms with Crippen LogP contribution in [0.3, 0.4) is 0 Å². The molecule has 0 heterocycles. The lowest BCUT2D eigenvalue weighted by Crippen LogP contribution is -2.34. The number of carbonyl (C=O) groups is 2. The summed E-state index contributed by atoms with van der Waals surface area (Å²) in [6, 6.07) is 14.5. The van der Waals surface area contributed by atoms with E-state index >= 15 is 0 Å². The topological polar surface area (TPSA) is 79.5 Å². The standard InChI is InChI=1S/C20H25N3O3/c1-14(2)21-20(25)23-18-10-5-4-9-17(18)22-19(24)12-11-15-7-6-8-16(13-15)26-3/h4-10,13-14H,11-12H2,1-3H3,(H,22,24)(H2,21,23,25). The Morgan fingerprint density at radius 2 is 1.69 bits per heavy atom. The van der Waals surface area contributed by atoms with Crippen molar-refractivity contribution >= 4 is 23.3 Å². The molecular formula is C20H25N3O3. The molecule has 0 aliphatic heterocycles. The Morgan fingerprint density at radius 1 is 1.00 bits per heavy atom. The highest BCUT2D eigenvalue weighted by Crippen LogP contribution is 2.21. The van der Waals surface area contributed by atoms with E-state index in [-0.39, 0.29) is 18.0 Å². The van der Waals surface area contributed by atoms with Gasteiger partial charge in [0.05, 0.1) is 18.5 Å². The van der Waals surface area contributed by atoms with Gasteiger partial charge in [-0.05, 0) is 50.1 Å². The quantitative estimate of drug-likeness (QED) is 0.707. The van der Waals surface area contributed by atoms with Crippen LogP contribution in [0, 0.1) is 0 Å². The third-order valence-corrected chi connectivity index (χ3v) is 3.64. The molecule has 0 aliphatic carbocycles. The molecule has 0 atom stereocenters. The van der Waals surface area contributed by atoms with E-state index in [0.29, 0.717) is 24.2 Å². The molecule has 0 saturated carbocycles. The highest BCUT2D eigenvalue weighted by atomic mass is 16.5. The highest BCUT2D eigenvalue weighted by Gasteiger charge is 2.10. The molecule has 2 rings (SSSR count). The van der Waals surface area contributed by atoms with Gasteiger partial charge in [0.15, 0.2) is 0 Å². The minimum absolute atomic E-state index is 0.0274. The maximum absolute atomic E-state index is 12.3. The zero-order valence-electron chi connectivity index (χ0n) is 15.3. The zero-order chi connectivity index (χ0) is 18.9. The number of urea groups is 1. The number of aryl methyl sites for hydroxylation is 1. The predicted molar refractivity (Wildman–Crippen MR) is 104 cm³/mol. The predicted octanol–water partition coefficient (Wildman–Crippen LogP) is 3.80. The Hall–Kier alpha value is -3.02. The third-order valence-electron chi connectivity index (χ3n) is 3.64. The number of rotatable bonds is 7. The molecule has 26 heavy (non-hydrogen) atoms. The molecule has 2 aromatic rings. The molecule has 6 nitrogen and oxygen atoms in total. The van der Waals surface area contributed by atoms with E-state index < -0.39 is 0 Å². The summed E-state index contributed by atoms with van der Waals surface area (Å²) in [6.07, 6.45) is 0.937. The number of para-hydroxylation sites is 2. The summed E-state index contributed by atoms with van der Waals surface area (Å²) in [7, 11) is 1.62. The number of hydrogen-bond acceptors (Lipinski definition) is 3. The van der Waals surface area contributed by atoms with Gasteiger partial charge in [0.25, 0.3) is 0 Å². The molecule has 138 valence electrons. The van der Waals surface area contributed by atoms with E-state index in [1.54, 1.807) is 25.3 Å². The molecule has 6 heteroatoms. The van der Waals surface area contributed by atoms with Crippen molar-refractivity contribution in [2.75, 3.05) is 17.7 Å². The molecule has 0 aliphatic rings. The van der Waals surface area contributed by atoms with Crippen LogP contribution in [-0.4, -0.2) is 25.1 Å². The molecule has 0 aromatic heterocycles. The number of ether oxygens (including phenoxy) is 1. The normalized spacial score (nSPS) is 10.3. The Kier molecular flexibility index (Phi) is 7.02. The maximum Gasteiger partial charge on any atom is 0.319 e. The zero-order valence-corrected chi connectivity index (χ0v) is 15.3. The number of benzene rings is 2. The van der Waals surface area contributed by atoms with E-state index in [1.807, 2.05) is 44.2 Å². The SMILES string of the molecule is COc1cccc(CCC(=O)Nc2ccccc2NC(=O)NC(C)C)c1. The number of amides is 3. The molecule has 0 unspecified atom stereocenters. The average molecular weight is 355 g/mol. The van der Waals surface area contributed by atoms with Gasteiger partial charge in [-0.25, -0.2) is 4.79 Å². The van der Waals surface area contributed by atoms with Crippen molar-refractivity contribution in [1.29, 1.82) is 0 Å². The first-order chi connectivity index (χ1) is 12.5. The molecule has 0 bridgehead atoms. The highest BCUT2D eigenvalue weighted by molar-refractivity contribution is 5.99. The average Bonchev–Trinajstić information content (AvgIpc) is 2.61. The van der Waals surface area contributed by atoms with Crippen LogP contribution in [0.25, 0.3) is 0 Å². The second-order valence-corrected chi connectivity index (χ2v) is 6.20. The fraction of sp³-hybridized carbons (Fsp3) is 0.300. The van der Waals surface area contributed by atoms with E-state index in [2.05, 4.69) is 16.0 Å². The summed E-state index contributed by atoms with van der Waals surface area (Å²) in [5.74, 6) is 0.653. The minimum atomic E-state index is -0.307. The fourth-order valence-electron chi connectivity index (χ4n) is 2.42. The Morgan fingerprint density at radius 3 is 2.35 bits per heavy atom. The van der Waals surface area contributed by atoms with Gasteiger partial charge in [-0.3, -0.25) is 4.79 Å². The summed E-state index contributed by atoms with van der Waals surface area (Å²) in [5.41, 5.74) is 2.16. The monoisotopic (exact) mass is 355 g/mol. The lowest BCUT2D eigenvalue weighted by atomic mass is 10.1. The summed E-state index contributed by atoms with van der Waals surface area (Å²) in [4.78, 5) is 24.2. The summed E-state index contributed by atoms with van der Waals surface area (Å²) in [6.45, 7) is 3.76. The van der Waals surface area contributed by atoms with Gasteiger partial charge >= 0.3 is 6.03 Å². The number of nitrogens with one attached hydrogen (secondary N) is 3. The molecule has 0 radical (unpaired) electrons. The van der Waals surface area contributed by atoms with Gasteiger partial charge in [0, 0.05) is 12.5 Å². The second-order valence-electron chi connectivity index (χ2n) is 6.20. The van der Waals surface area contributed by atoms with Crippen molar-refractivity contribution < 1.29 is 14.3 Å². The van der Waals surface area contributed by atoms with Crippen molar-refractivity contribution in [3.63, 3.8) is 0 Å². The van der Waals surface area contributed by atoms with Crippen LogP contribution in [0.5, 0.6) is 5.75 Å². The van der Waals surface area contributed by atoms with Crippen LogP contribution in [0.1, 0.15) is 25.8 Å². The molecule has 3 amide bonds. The van der Waals surface area contributed by atoms with Crippen LogP contribution < -0.4 is 20.7 Å². The van der Waals surface area contributed by atoms with Gasteiger partial charge in [-0.1, -0.05) is 24.3 Å². The molecule has 0 saturated heterocycles. The van der Waals surface area contributed by atoms with Crippen LogP contribution in [0.4, 0.5) is 16.2 Å². The Labute approximate surface area is 153 Å². The minimum Gasteiger partial charge on any atom is -0.497 e. The second kappa shape index (κ2) is 9.46. The van der Waals surface area contributed by atoms with Crippen LogP contribution in [0.2, 0.25) is 0 Å². The first-order valence-corrected chi connectivity index (χ1v) is 8.57. The first kappa shape index (κ1) is 19.3. The number of hydrogen-bond donors (Lipinski definition) is 3. The number of methoxy groups -OCH3 is 1. The van der Waals surface area contributed by atoms with E-state index in [1.165, 1.54) is 0 Å². The number of carbonyl (C=O) groups excluding carboxylic acids is 2. The van der Waals surface area contributed by atoms with Gasteiger partial charge in [-0.15, -0.1) is 0 Å². The van der Waals surface area contributed by atoms with Crippen LogP contribution in [0.15, 0.2) is 48.5 Å². The Bertz CT molecular complexity index is 759. The maximum atomic E-state index is 12.3. The van der Waals surface area contributed by atoms with Gasteiger partial charge in [0.2, 0.25) is 5.91 Å². The summed E-state index contributed by atoms with van der Waals surface area (Å²) < 4.78 is 5.19. The van der Waals surface area contributed by atoms with E-state index in [0.717, 1.165) is 11.3 Å². The largest absolute Gasteiger partial charge is 0.497 e. The van der Waals surface area contributed by atoms with Gasteiger partial charge in [0.1, 0.15) is 5.75 Å². The smallest absolute Gasteiger partial charge is 0.319 e. The third kappa shape index (κ3) is 6.12. The molecule has 2 aromatic carbocycles. The first-order valence-electron chi connectivity index (χ1n) is 8.57. The van der Waals surface area contributed by atoms with Gasteiger partial charge in [-0.2, -0.15) is 0 Å². The van der Waals surface area contributed by atoms with E-state index in [9.17, 15) is 9.59 Å². The van der Waals surface area contributed by atoms with Crippen LogP contribution >= 0.6 is 0 Å². The lowest BCUT2D eigenvalue weighted by molar-refractivity contribution is -0.116. The van der Waals surface area contributed by atoms with Crippen LogP contribution in [-0.2, 0) is 11.2 Å². The van der Waals surface area contributed by atoms with Crippen molar-refractivity contribution in [2.24, 2.45) is 0 Å². The Balaban J connectivity index is 1.95. The molecule has 3 N–H and O–H groups in total. The van der Waals surface area contributed by atoms with Gasteiger partial charge < -0.3 is 20.7 Å². The van der Waals surface area contributed by atoms with Crippen molar-refractivity contribution in [3.05, 3.63) is 54.1 Å². The van der Waals surface area contributed by atoms with Crippen molar-refractivity contribution in [2.45, 2.75) is 32.7 Å². The number of anilines is 2. The summed E-state index contributed by atoms with van der Waals surface area (Å²) in [5, 5.41) is 8.36. The van der Waals surface area contributed by atoms with E-state index in [4.69, 9.17) is 4.74 Å².